The molecule has 1 aliphatic heterocycles. The number of fused-ring (bicyclic) bond motifs is 1. The van der Waals surface area contributed by atoms with Crippen molar-refractivity contribution in [3.8, 4) is 28.5 Å². The van der Waals surface area contributed by atoms with Gasteiger partial charge in [-0.25, -0.2) is 4.98 Å². The Morgan fingerprint density at radius 1 is 1.06 bits per heavy atom. The van der Waals surface area contributed by atoms with Crippen molar-refractivity contribution in [2.24, 2.45) is 0 Å². The molecule has 1 fully saturated rings. The van der Waals surface area contributed by atoms with Crippen LogP contribution in [0.25, 0.3) is 28.0 Å². The first-order chi connectivity index (χ1) is 15.2. The van der Waals surface area contributed by atoms with Gasteiger partial charge in [-0.2, -0.15) is 5.26 Å². The van der Waals surface area contributed by atoms with Crippen molar-refractivity contribution in [3.05, 3.63) is 69.6 Å². The summed E-state index contributed by atoms with van der Waals surface area (Å²) in [6.45, 7) is 4.98. The van der Waals surface area contributed by atoms with E-state index in [1.807, 2.05) is 35.7 Å². The third kappa shape index (κ3) is 4.23. The van der Waals surface area contributed by atoms with Crippen molar-refractivity contribution in [2.45, 2.75) is 13.0 Å². The van der Waals surface area contributed by atoms with Crippen LogP contribution in [0.2, 0.25) is 5.02 Å². The highest BCUT2D eigenvalue weighted by Crippen LogP contribution is 2.30. The van der Waals surface area contributed by atoms with Gasteiger partial charge in [0, 0.05) is 36.4 Å². The molecule has 0 unspecified atom stereocenters. The quantitative estimate of drug-likeness (QED) is 0.475. The fourth-order valence-corrected chi connectivity index (χ4v) is 4.90. The molecule has 0 spiro atoms. The van der Waals surface area contributed by atoms with Gasteiger partial charge in [0.15, 0.2) is 0 Å². The topological polar surface area (TPSA) is 56.4 Å². The highest BCUT2D eigenvalue weighted by Gasteiger charge is 2.19. The van der Waals surface area contributed by atoms with Gasteiger partial charge in [0.25, 0.3) is 0 Å². The maximum atomic E-state index is 9.19. The molecular weight excluding hydrogens is 426 g/mol. The van der Waals surface area contributed by atoms with Crippen molar-refractivity contribution < 1.29 is 0 Å². The van der Waals surface area contributed by atoms with E-state index in [0.717, 1.165) is 77.1 Å². The summed E-state index contributed by atoms with van der Waals surface area (Å²) in [4.78, 5) is 8.20. The molecule has 0 bridgehead atoms. The molecule has 0 radical (unpaired) electrons. The van der Waals surface area contributed by atoms with Gasteiger partial charge < -0.3 is 9.72 Å². The van der Waals surface area contributed by atoms with Crippen molar-refractivity contribution >= 4 is 28.6 Å². The number of pyridine rings is 1. The van der Waals surface area contributed by atoms with Crippen molar-refractivity contribution in [3.63, 3.8) is 0 Å². The SMILES string of the molecule is N#Cc1cc(-c2ccc3nc(-c4ccc(Cl)cc4)c(CN4CCCNCC4)n3c2)cs1. The summed E-state index contributed by atoms with van der Waals surface area (Å²) in [5.41, 5.74) is 6.32. The van der Waals surface area contributed by atoms with Gasteiger partial charge in [0.2, 0.25) is 0 Å². The Labute approximate surface area is 190 Å². The van der Waals surface area contributed by atoms with Crippen LogP contribution in [0.1, 0.15) is 17.0 Å². The number of hydrogen-bond donors (Lipinski definition) is 1. The maximum Gasteiger partial charge on any atom is 0.137 e. The van der Waals surface area contributed by atoms with Crippen LogP contribution >= 0.6 is 22.9 Å². The molecule has 5 rings (SSSR count). The average molecular weight is 448 g/mol. The highest BCUT2D eigenvalue weighted by molar-refractivity contribution is 7.10. The van der Waals surface area contributed by atoms with Gasteiger partial charge in [-0.05, 0) is 66.3 Å². The summed E-state index contributed by atoms with van der Waals surface area (Å²) in [7, 11) is 0. The number of imidazole rings is 1. The standard InChI is InChI=1S/C24H22ClN5S/c25-20-5-2-17(3-6-20)24-22(15-29-10-1-8-27-9-11-29)30-14-18(4-7-23(30)28-24)19-12-21(13-26)31-16-19/h2-7,12,14,16,27H,1,8-11,15H2. The first-order valence-corrected chi connectivity index (χ1v) is 11.7. The number of thiophene rings is 1. The van der Waals surface area contributed by atoms with Crippen LogP contribution in [-0.2, 0) is 6.54 Å². The molecule has 1 saturated heterocycles. The zero-order valence-corrected chi connectivity index (χ0v) is 18.6. The summed E-state index contributed by atoms with van der Waals surface area (Å²) in [5, 5.41) is 15.4. The summed E-state index contributed by atoms with van der Waals surface area (Å²) >= 11 is 7.61. The fourth-order valence-electron chi connectivity index (χ4n) is 4.07. The van der Waals surface area contributed by atoms with Crippen LogP contribution in [0.3, 0.4) is 0 Å². The molecule has 31 heavy (non-hydrogen) atoms. The van der Waals surface area contributed by atoms with Crippen LogP contribution < -0.4 is 5.32 Å². The summed E-state index contributed by atoms with van der Waals surface area (Å²) < 4.78 is 2.21. The summed E-state index contributed by atoms with van der Waals surface area (Å²) in [6.07, 6.45) is 3.29. The molecule has 0 atom stereocenters. The second kappa shape index (κ2) is 8.81. The van der Waals surface area contributed by atoms with Gasteiger partial charge in [-0.15, -0.1) is 11.3 Å². The third-order valence-electron chi connectivity index (χ3n) is 5.68. The van der Waals surface area contributed by atoms with Crippen LogP contribution in [-0.4, -0.2) is 40.5 Å². The summed E-state index contributed by atoms with van der Waals surface area (Å²) in [6, 6.07) is 16.2. The molecule has 1 aliphatic rings. The number of hydrogen-bond acceptors (Lipinski definition) is 5. The number of aromatic nitrogens is 2. The highest BCUT2D eigenvalue weighted by atomic mass is 35.5. The first kappa shape index (κ1) is 20.2. The minimum Gasteiger partial charge on any atom is -0.315 e. The number of nitrogens with zero attached hydrogens (tertiary/aromatic N) is 4. The van der Waals surface area contributed by atoms with Gasteiger partial charge in [-0.3, -0.25) is 4.90 Å². The van der Waals surface area contributed by atoms with E-state index in [0.29, 0.717) is 0 Å². The maximum absolute atomic E-state index is 9.19. The predicted molar refractivity (Wildman–Crippen MR) is 126 cm³/mol. The Balaban J connectivity index is 1.62. The minimum absolute atomic E-state index is 0.722. The van der Waals surface area contributed by atoms with E-state index in [-0.39, 0.29) is 0 Å². The Kier molecular flexibility index (Phi) is 5.75. The van der Waals surface area contributed by atoms with Crippen LogP contribution in [0.15, 0.2) is 54.0 Å². The van der Waals surface area contributed by atoms with Gasteiger partial charge in [-0.1, -0.05) is 23.7 Å². The largest absolute Gasteiger partial charge is 0.315 e. The van der Waals surface area contributed by atoms with E-state index in [1.54, 1.807) is 0 Å². The lowest BCUT2D eigenvalue weighted by atomic mass is 10.1. The van der Waals surface area contributed by atoms with Crippen LogP contribution in [0, 0.1) is 11.3 Å². The monoisotopic (exact) mass is 447 g/mol. The Morgan fingerprint density at radius 2 is 1.90 bits per heavy atom. The van der Waals surface area contributed by atoms with E-state index in [9.17, 15) is 5.26 Å². The molecule has 1 aromatic carbocycles. The molecular formula is C24H22ClN5S. The smallest absolute Gasteiger partial charge is 0.137 e. The van der Waals surface area contributed by atoms with E-state index >= 15 is 0 Å². The summed E-state index contributed by atoms with van der Waals surface area (Å²) in [5.74, 6) is 0. The minimum atomic E-state index is 0.722. The van der Waals surface area contributed by atoms with Crippen molar-refractivity contribution in [1.29, 1.82) is 5.26 Å². The molecule has 1 N–H and O–H groups in total. The van der Waals surface area contributed by atoms with Crippen molar-refractivity contribution in [1.82, 2.24) is 19.6 Å². The molecule has 4 aromatic rings. The molecule has 0 amide bonds. The van der Waals surface area contributed by atoms with Gasteiger partial charge >= 0.3 is 0 Å². The Morgan fingerprint density at radius 3 is 2.71 bits per heavy atom. The van der Waals surface area contributed by atoms with E-state index < -0.39 is 0 Å². The zero-order chi connectivity index (χ0) is 21.2. The number of nitrogens with one attached hydrogen (secondary N) is 1. The second-order valence-corrected chi connectivity index (χ2v) is 9.10. The number of nitriles is 1. The molecule has 0 aliphatic carbocycles. The van der Waals surface area contributed by atoms with Crippen molar-refractivity contribution in [2.75, 3.05) is 26.2 Å². The number of benzene rings is 1. The average Bonchev–Trinajstić information content (AvgIpc) is 3.32. The molecule has 4 heterocycles. The predicted octanol–water partition coefficient (Wildman–Crippen LogP) is 5.05. The van der Waals surface area contributed by atoms with Crippen LogP contribution in [0.4, 0.5) is 0 Å². The first-order valence-electron chi connectivity index (χ1n) is 10.4. The fraction of sp³-hybridized carbons (Fsp3) is 0.250. The zero-order valence-electron chi connectivity index (χ0n) is 17.0. The molecule has 3 aromatic heterocycles. The number of halogens is 1. The Bertz CT molecular complexity index is 1240. The molecule has 156 valence electrons. The van der Waals surface area contributed by atoms with Gasteiger partial charge in [0.05, 0.1) is 11.4 Å². The lowest BCUT2D eigenvalue weighted by molar-refractivity contribution is 0.281. The lowest BCUT2D eigenvalue weighted by Crippen LogP contribution is -2.28. The van der Waals surface area contributed by atoms with Gasteiger partial charge in [0.1, 0.15) is 16.6 Å². The second-order valence-electron chi connectivity index (χ2n) is 7.75. The normalized spacial score (nSPS) is 15.1. The van der Waals surface area contributed by atoms with Crippen LogP contribution in [0.5, 0.6) is 0 Å². The van der Waals surface area contributed by atoms with E-state index in [4.69, 9.17) is 16.6 Å². The van der Waals surface area contributed by atoms with E-state index in [1.165, 1.54) is 17.0 Å². The lowest BCUT2D eigenvalue weighted by Gasteiger charge is -2.20. The molecule has 5 nitrogen and oxygen atoms in total. The number of rotatable bonds is 4. The van der Waals surface area contributed by atoms with E-state index in [2.05, 4.69) is 39.0 Å². The Hall–Kier alpha value is -2.69. The molecule has 0 saturated carbocycles. The third-order valence-corrected chi connectivity index (χ3v) is 6.77. The molecule has 7 heteroatoms.